The van der Waals surface area contributed by atoms with Crippen molar-refractivity contribution < 1.29 is 19.1 Å². The molecule has 3 aromatic rings. The number of amides is 1. The molecule has 0 radical (unpaired) electrons. The van der Waals surface area contributed by atoms with Crippen molar-refractivity contribution in [2.75, 3.05) is 0 Å². The normalized spacial score (nSPS) is 16.7. The van der Waals surface area contributed by atoms with E-state index in [1.54, 1.807) is 19.1 Å². The molecule has 1 unspecified atom stereocenters. The number of furan rings is 1. The van der Waals surface area contributed by atoms with Gasteiger partial charge in [0.1, 0.15) is 5.76 Å². The Bertz CT molecular complexity index is 1110. The van der Waals surface area contributed by atoms with Crippen LogP contribution in [0.4, 0.5) is 0 Å². The number of nitrogens with zero attached hydrogens (tertiary/aromatic N) is 2. The number of rotatable bonds is 5. The van der Waals surface area contributed by atoms with Crippen molar-refractivity contribution in [1.29, 1.82) is 0 Å². The fraction of sp³-hybridized carbons (Fsp3) is 0.227. The van der Waals surface area contributed by atoms with Gasteiger partial charge in [0, 0.05) is 0 Å². The Labute approximate surface area is 172 Å². The van der Waals surface area contributed by atoms with E-state index in [0.29, 0.717) is 16.3 Å². The Balaban J connectivity index is 1.82. The largest absolute Gasteiger partial charge is 0.503 e. The highest BCUT2D eigenvalue weighted by Crippen LogP contribution is 2.41. The van der Waals surface area contributed by atoms with Crippen LogP contribution < -0.4 is 0 Å². The van der Waals surface area contributed by atoms with E-state index in [2.05, 4.69) is 4.98 Å². The number of carbonyl (C=O) groups is 2. The molecular weight excluding hydrogens is 388 g/mol. The molecule has 148 valence electrons. The molecule has 6 nitrogen and oxygen atoms in total. The molecule has 0 spiro atoms. The van der Waals surface area contributed by atoms with E-state index in [-0.39, 0.29) is 17.9 Å². The van der Waals surface area contributed by atoms with Crippen molar-refractivity contribution in [3.8, 4) is 0 Å². The molecule has 1 aromatic carbocycles. The van der Waals surface area contributed by atoms with Crippen LogP contribution in [0.3, 0.4) is 0 Å². The van der Waals surface area contributed by atoms with Gasteiger partial charge in [-0.25, -0.2) is 4.98 Å². The minimum Gasteiger partial charge on any atom is -0.503 e. The standard InChI is InChI=1S/C22H20N2O4S/c1-12-6-8-15(9-7-12)18-17(19(25)21-13(2)23-14(3)29-21)20(26)22(27)24(18)11-16-5-4-10-28-16/h4-10,18,26H,11H2,1-3H3. The molecule has 1 aliphatic rings. The lowest BCUT2D eigenvalue weighted by Gasteiger charge is -2.26. The highest BCUT2D eigenvalue weighted by molar-refractivity contribution is 7.14. The molecule has 0 fully saturated rings. The van der Waals surface area contributed by atoms with Crippen LogP contribution in [-0.4, -0.2) is 26.7 Å². The summed E-state index contributed by atoms with van der Waals surface area (Å²) < 4.78 is 5.40. The summed E-state index contributed by atoms with van der Waals surface area (Å²) in [6, 6.07) is 10.4. The van der Waals surface area contributed by atoms with Crippen molar-refractivity contribution >= 4 is 23.0 Å². The molecule has 3 heterocycles. The maximum Gasteiger partial charge on any atom is 0.290 e. The summed E-state index contributed by atoms with van der Waals surface area (Å²) in [7, 11) is 0. The van der Waals surface area contributed by atoms with Gasteiger partial charge in [0.15, 0.2) is 5.76 Å². The highest BCUT2D eigenvalue weighted by atomic mass is 32.1. The lowest BCUT2D eigenvalue weighted by atomic mass is 9.94. The molecule has 7 heteroatoms. The third-order valence-corrected chi connectivity index (χ3v) is 6.03. The second-order valence-corrected chi connectivity index (χ2v) is 8.27. The number of hydrogen-bond acceptors (Lipinski definition) is 6. The van der Waals surface area contributed by atoms with Crippen molar-refractivity contribution in [2.24, 2.45) is 0 Å². The zero-order chi connectivity index (χ0) is 20.7. The number of aryl methyl sites for hydroxylation is 3. The van der Waals surface area contributed by atoms with Crippen molar-refractivity contribution in [1.82, 2.24) is 9.88 Å². The monoisotopic (exact) mass is 408 g/mol. The van der Waals surface area contributed by atoms with Gasteiger partial charge in [-0.15, -0.1) is 11.3 Å². The SMILES string of the molecule is Cc1ccc(C2C(C(=O)c3sc(C)nc3C)=C(O)C(=O)N2Cc2ccco2)cc1. The number of carbonyl (C=O) groups excluding carboxylic acids is 2. The van der Waals surface area contributed by atoms with Crippen LogP contribution in [-0.2, 0) is 11.3 Å². The third-order valence-electron chi connectivity index (χ3n) is 4.96. The number of aromatic nitrogens is 1. The van der Waals surface area contributed by atoms with Crippen molar-refractivity contribution in [2.45, 2.75) is 33.4 Å². The smallest absolute Gasteiger partial charge is 0.290 e. The molecule has 2 aromatic heterocycles. The lowest BCUT2D eigenvalue weighted by Crippen LogP contribution is -2.30. The van der Waals surface area contributed by atoms with Crippen LogP contribution in [0.2, 0.25) is 0 Å². The summed E-state index contributed by atoms with van der Waals surface area (Å²) in [5.41, 5.74) is 2.49. The maximum absolute atomic E-state index is 13.4. The number of benzene rings is 1. The Morgan fingerprint density at radius 2 is 1.93 bits per heavy atom. The Morgan fingerprint density at radius 3 is 2.52 bits per heavy atom. The van der Waals surface area contributed by atoms with E-state index >= 15 is 0 Å². The van der Waals surface area contributed by atoms with Gasteiger partial charge in [-0.05, 0) is 38.5 Å². The fourth-order valence-corrected chi connectivity index (χ4v) is 4.45. The van der Waals surface area contributed by atoms with E-state index in [4.69, 9.17) is 4.42 Å². The zero-order valence-corrected chi connectivity index (χ0v) is 17.1. The van der Waals surface area contributed by atoms with Gasteiger partial charge in [0.05, 0.1) is 40.0 Å². The van der Waals surface area contributed by atoms with Crippen LogP contribution >= 0.6 is 11.3 Å². The van der Waals surface area contributed by atoms with E-state index in [1.165, 1.54) is 22.5 Å². The van der Waals surface area contributed by atoms with Gasteiger partial charge in [-0.2, -0.15) is 0 Å². The Hall–Kier alpha value is -3.19. The Morgan fingerprint density at radius 1 is 1.21 bits per heavy atom. The maximum atomic E-state index is 13.4. The molecule has 4 rings (SSSR count). The molecule has 0 saturated carbocycles. The summed E-state index contributed by atoms with van der Waals surface area (Å²) in [6.07, 6.45) is 1.53. The van der Waals surface area contributed by atoms with Gasteiger partial charge >= 0.3 is 0 Å². The quantitative estimate of drug-likeness (QED) is 0.631. The zero-order valence-electron chi connectivity index (χ0n) is 16.3. The van der Waals surface area contributed by atoms with Gasteiger partial charge in [-0.1, -0.05) is 29.8 Å². The first-order chi connectivity index (χ1) is 13.9. The molecule has 1 amide bonds. The van der Waals surface area contributed by atoms with E-state index in [1.807, 2.05) is 38.1 Å². The summed E-state index contributed by atoms with van der Waals surface area (Å²) >= 11 is 1.26. The second-order valence-electron chi connectivity index (χ2n) is 7.06. The first kappa shape index (κ1) is 19.1. The van der Waals surface area contributed by atoms with Crippen molar-refractivity contribution in [3.63, 3.8) is 0 Å². The minimum atomic E-state index is -0.706. The van der Waals surface area contributed by atoms with Crippen LogP contribution in [0.1, 0.15) is 43.3 Å². The number of thiazole rings is 1. The predicted molar refractivity (Wildman–Crippen MR) is 109 cm³/mol. The number of aliphatic hydroxyl groups is 1. The average molecular weight is 408 g/mol. The summed E-state index contributed by atoms with van der Waals surface area (Å²) in [4.78, 5) is 32.5. The first-order valence-electron chi connectivity index (χ1n) is 9.18. The fourth-order valence-electron chi connectivity index (χ4n) is 3.58. The van der Waals surface area contributed by atoms with Crippen LogP contribution in [0.5, 0.6) is 0 Å². The number of hydrogen-bond donors (Lipinski definition) is 1. The molecule has 1 atom stereocenters. The molecule has 1 aliphatic heterocycles. The molecule has 1 N–H and O–H groups in total. The summed E-state index contributed by atoms with van der Waals surface area (Å²) in [6.45, 7) is 5.69. The van der Waals surface area contributed by atoms with Crippen molar-refractivity contribution in [3.05, 3.63) is 86.5 Å². The van der Waals surface area contributed by atoms with Gasteiger partial charge in [-0.3, -0.25) is 9.59 Å². The lowest BCUT2D eigenvalue weighted by molar-refractivity contribution is -0.130. The highest BCUT2D eigenvalue weighted by Gasteiger charge is 2.44. The van der Waals surface area contributed by atoms with Crippen LogP contribution in [0.25, 0.3) is 0 Å². The predicted octanol–water partition coefficient (Wildman–Crippen LogP) is 4.44. The summed E-state index contributed by atoms with van der Waals surface area (Å²) in [5, 5.41) is 11.5. The first-order valence-corrected chi connectivity index (χ1v) is 10.00. The molecule has 0 bridgehead atoms. The Kier molecular flexibility index (Phi) is 4.84. The van der Waals surface area contributed by atoms with Gasteiger partial charge in [0.2, 0.25) is 5.78 Å². The molecule has 0 aliphatic carbocycles. The number of ketones is 1. The molecule has 0 saturated heterocycles. The van der Waals surface area contributed by atoms with E-state index in [9.17, 15) is 14.7 Å². The second kappa shape index (κ2) is 7.33. The van der Waals surface area contributed by atoms with E-state index in [0.717, 1.165) is 16.1 Å². The number of Topliss-reactive ketones (excluding diaryl/α,β-unsaturated/α-hetero) is 1. The number of aliphatic hydroxyl groups excluding tert-OH is 1. The van der Waals surface area contributed by atoms with Crippen LogP contribution in [0.15, 0.2) is 58.4 Å². The topological polar surface area (TPSA) is 83.6 Å². The van der Waals surface area contributed by atoms with Gasteiger partial charge < -0.3 is 14.4 Å². The summed E-state index contributed by atoms with van der Waals surface area (Å²) in [5.74, 6) is -0.903. The van der Waals surface area contributed by atoms with Crippen LogP contribution in [0, 0.1) is 20.8 Å². The average Bonchev–Trinajstić information content (AvgIpc) is 3.38. The molecular formula is C22H20N2O4S. The minimum absolute atomic E-state index is 0.0807. The van der Waals surface area contributed by atoms with E-state index < -0.39 is 17.7 Å². The third kappa shape index (κ3) is 3.38. The van der Waals surface area contributed by atoms with Gasteiger partial charge in [0.25, 0.3) is 5.91 Å². The molecule has 29 heavy (non-hydrogen) atoms.